The number of amides is 2. The fourth-order valence-electron chi connectivity index (χ4n) is 1.44. The molecule has 0 spiro atoms. The maximum Gasteiger partial charge on any atom is 0.330 e. The van der Waals surface area contributed by atoms with Gasteiger partial charge < -0.3 is 10.4 Å². The number of rotatable bonds is 3. The molecule has 6 nitrogen and oxygen atoms in total. The van der Waals surface area contributed by atoms with E-state index in [-0.39, 0.29) is 0 Å². The van der Waals surface area contributed by atoms with E-state index in [1.165, 1.54) is 13.3 Å². The molecule has 15 heavy (non-hydrogen) atoms. The van der Waals surface area contributed by atoms with E-state index in [9.17, 15) is 9.59 Å². The van der Waals surface area contributed by atoms with E-state index < -0.39 is 18.0 Å². The van der Waals surface area contributed by atoms with Crippen LogP contribution in [0.15, 0.2) is 0 Å². The highest BCUT2D eigenvalue weighted by molar-refractivity contribution is 5.81. The van der Waals surface area contributed by atoms with Crippen molar-refractivity contribution in [3.8, 4) is 0 Å². The van der Waals surface area contributed by atoms with Crippen LogP contribution in [-0.2, 0) is 4.79 Å². The molecule has 2 amide bonds. The zero-order valence-electron chi connectivity index (χ0n) is 8.82. The van der Waals surface area contributed by atoms with Crippen molar-refractivity contribution in [2.45, 2.75) is 32.2 Å². The van der Waals surface area contributed by atoms with Crippen LogP contribution >= 0.6 is 0 Å². The van der Waals surface area contributed by atoms with Crippen molar-refractivity contribution in [1.82, 2.24) is 15.8 Å². The summed E-state index contributed by atoms with van der Waals surface area (Å²) in [4.78, 5) is 21.8. The Morgan fingerprint density at radius 1 is 1.27 bits per heavy atom. The number of hydrogen-bond donors (Lipinski definition) is 3. The van der Waals surface area contributed by atoms with Crippen molar-refractivity contribution in [1.29, 1.82) is 0 Å². The number of nitrogens with zero attached hydrogens (tertiary/aromatic N) is 1. The van der Waals surface area contributed by atoms with E-state index in [0.29, 0.717) is 0 Å². The quantitative estimate of drug-likeness (QED) is 0.626. The van der Waals surface area contributed by atoms with Gasteiger partial charge in [0, 0.05) is 13.1 Å². The molecule has 0 aromatic carbocycles. The summed E-state index contributed by atoms with van der Waals surface area (Å²) in [6, 6.07) is -1.32. The molecule has 1 saturated heterocycles. The number of carbonyl (C=O) groups is 2. The van der Waals surface area contributed by atoms with Crippen LogP contribution in [0.3, 0.4) is 0 Å². The molecular formula is C9H17N3O3. The summed E-state index contributed by atoms with van der Waals surface area (Å²) in [5, 5.41) is 12.7. The number of aliphatic carboxylic acids is 1. The fraction of sp³-hybridized carbons (Fsp3) is 0.778. The first-order valence-electron chi connectivity index (χ1n) is 5.14. The maximum absolute atomic E-state index is 11.3. The van der Waals surface area contributed by atoms with Crippen LogP contribution in [0.25, 0.3) is 0 Å². The Morgan fingerprint density at radius 2 is 1.87 bits per heavy atom. The molecular weight excluding hydrogens is 198 g/mol. The molecule has 0 aromatic rings. The van der Waals surface area contributed by atoms with E-state index in [1.807, 2.05) is 5.01 Å². The Balaban J connectivity index is 2.25. The maximum atomic E-state index is 11.3. The number of carboxylic acid groups (broad SMARTS) is 1. The zero-order chi connectivity index (χ0) is 11.3. The summed E-state index contributed by atoms with van der Waals surface area (Å²) in [5.74, 6) is -1.04. The van der Waals surface area contributed by atoms with Gasteiger partial charge in [0.1, 0.15) is 6.04 Å². The molecule has 1 fully saturated rings. The Hall–Kier alpha value is -1.30. The monoisotopic (exact) mass is 215 g/mol. The Morgan fingerprint density at radius 3 is 2.40 bits per heavy atom. The van der Waals surface area contributed by atoms with Gasteiger partial charge >= 0.3 is 12.0 Å². The van der Waals surface area contributed by atoms with Crippen LogP contribution in [0, 0.1) is 0 Å². The molecule has 1 atom stereocenters. The Labute approximate surface area is 88.6 Å². The first kappa shape index (κ1) is 11.8. The highest BCUT2D eigenvalue weighted by Crippen LogP contribution is 2.05. The van der Waals surface area contributed by atoms with Gasteiger partial charge in [-0.2, -0.15) is 0 Å². The molecule has 3 N–H and O–H groups in total. The molecule has 0 bridgehead atoms. The first-order chi connectivity index (χ1) is 7.09. The van der Waals surface area contributed by atoms with Crippen molar-refractivity contribution < 1.29 is 14.7 Å². The molecule has 0 aromatic heterocycles. The SMILES string of the molecule is C[C@H](NC(=O)NN1CCCCC1)C(=O)O. The van der Waals surface area contributed by atoms with Crippen molar-refractivity contribution >= 4 is 12.0 Å². The second-order valence-corrected chi connectivity index (χ2v) is 3.69. The highest BCUT2D eigenvalue weighted by atomic mass is 16.4. The summed E-state index contributed by atoms with van der Waals surface area (Å²) in [7, 11) is 0. The van der Waals surface area contributed by atoms with Gasteiger partial charge in [0.15, 0.2) is 0 Å². The minimum atomic E-state index is -1.04. The predicted molar refractivity (Wildman–Crippen MR) is 54.2 cm³/mol. The van der Waals surface area contributed by atoms with Gasteiger partial charge in [0.2, 0.25) is 0 Å². The number of hydrogen-bond acceptors (Lipinski definition) is 3. The zero-order valence-corrected chi connectivity index (χ0v) is 8.82. The normalized spacial score (nSPS) is 19.3. The predicted octanol–water partition coefficient (Wildman–Crippen LogP) is 0.160. The van der Waals surface area contributed by atoms with Gasteiger partial charge in [-0.25, -0.2) is 9.80 Å². The summed E-state index contributed by atoms with van der Waals surface area (Å²) in [5.41, 5.74) is 2.62. The smallest absolute Gasteiger partial charge is 0.330 e. The third kappa shape index (κ3) is 4.16. The lowest BCUT2D eigenvalue weighted by Gasteiger charge is -2.27. The van der Waals surface area contributed by atoms with Crippen LogP contribution in [-0.4, -0.2) is 41.2 Å². The van der Waals surface area contributed by atoms with Crippen molar-refractivity contribution in [2.75, 3.05) is 13.1 Å². The lowest BCUT2D eigenvalue weighted by molar-refractivity contribution is -0.138. The number of urea groups is 1. The number of carboxylic acids is 1. The average Bonchev–Trinajstić information content (AvgIpc) is 2.18. The molecule has 1 rings (SSSR count). The largest absolute Gasteiger partial charge is 0.480 e. The Bertz CT molecular complexity index is 239. The van der Waals surface area contributed by atoms with Crippen molar-refractivity contribution in [3.63, 3.8) is 0 Å². The highest BCUT2D eigenvalue weighted by Gasteiger charge is 2.16. The Kier molecular flexibility index (Phi) is 4.36. The second kappa shape index (κ2) is 5.55. The molecule has 0 aliphatic carbocycles. The molecule has 86 valence electrons. The third-order valence-electron chi connectivity index (χ3n) is 2.33. The standard InChI is InChI=1S/C9H17N3O3/c1-7(8(13)14)10-9(15)11-12-5-3-2-4-6-12/h7H,2-6H2,1H3,(H,13,14)(H2,10,11,15)/t7-/m0/s1. The topological polar surface area (TPSA) is 81.7 Å². The first-order valence-corrected chi connectivity index (χ1v) is 5.14. The van der Waals surface area contributed by atoms with E-state index in [0.717, 1.165) is 25.9 Å². The number of carbonyl (C=O) groups excluding carboxylic acids is 1. The van der Waals surface area contributed by atoms with Gasteiger partial charge in [-0.05, 0) is 19.8 Å². The number of hydrazine groups is 1. The molecule has 1 aliphatic rings. The second-order valence-electron chi connectivity index (χ2n) is 3.69. The molecule has 1 heterocycles. The fourth-order valence-corrected chi connectivity index (χ4v) is 1.44. The average molecular weight is 215 g/mol. The lowest BCUT2D eigenvalue weighted by Crippen LogP contribution is -2.52. The third-order valence-corrected chi connectivity index (χ3v) is 2.33. The summed E-state index contributed by atoms with van der Waals surface area (Å²) in [6.45, 7) is 3.09. The summed E-state index contributed by atoms with van der Waals surface area (Å²) in [6.07, 6.45) is 3.31. The van der Waals surface area contributed by atoms with Gasteiger partial charge in [-0.15, -0.1) is 0 Å². The van der Waals surface area contributed by atoms with Crippen LogP contribution in [0.5, 0.6) is 0 Å². The molecule has 0 radical (unpaired) electrons. The van der Waals surface area contributed by atoms with Gasteiger partial charge in [0.05, 0.1) is 0 Å². The van der Waals surface area contributed by atoms with E-state index in [4.69, 9.17) is 5.11 Å². The summed E-state index contributed by atoms with van der Waals surface area (Å²) < 4.78 is 0. The number of piperidine rings is 1. The van der Waals surface area contributed by atoms with E-state index >= 15 is 0 Å². The van der Waals surface area contributed by atoms with Crippen LogP contribution in [0.4, 0.5) is 4.79 Å². The summed E-state index contributed by atoms with van der Waals surface area (Å²) >= 11 is 0. The van der Waals surface area contributed by atoms with Crippen molar-refractivity contribution in [2.24, 2.45) is 0 Å². The van der Waals surface area contributed by atoms with Crippen molar-refractivity contribution in [3.05, 3.63) is 0 Å². The molecule has 6 heteroatoms. The van der Waals surface area contributed by atoms with E-state index in [1.54, 1.807) is 0 Å². The minimum Gasteiger partial charge on any atom is -0.480 e. The van der Waals surface area contributed by atoms with Crippen LogP contribution in [0.2, 0.25) is 0 Å². The van der Waals surface area contributed by atoms with E-state index in [2.05, 4.69) is 10.7 Å². The van der Waals surface area contributed by atoms with Gasteiger partial charge in [0.25, 0.3) is 0 Å². The lowest BCUT2D eigenvalue weighted by atomic mass is 10.2. The van der Waals surface area contributed by atoms with Gasteiger partial charge in [-0.3, -0.25) is 10.2 Å². The number of nitrogens with one attached hydrogen (secondary N) is 2. The molecule has 0 unspecified atom stereocenters. The molecule has 1 aliphatic heterocycles. The van der Waals surface area contributed by atoms with Gasteiger partial charge in [-0.1, -0.05) is 6.42 Å². The van der Waals surface area contributed by atoms with Crippen LogP contribution in [0.1, 0.15) is 26.2 Å². The minimum absolute atomic E-state index is 0.452. The molecule has 0 saturated carbocycles. The van der Waals surface area contributed by atoms with Crippen LogP contribution < -0.4 is 10.7 Å².